The van der Waals surface area contributed by atoms with Gasteiger partial charge in [0.05, 0.1) is 17.2 Å². The molecule has 0 saturated heterocycles. The fourth-order valence-corrected chi connectivity index (χ4v) is 2.25. The number of pyridine rings is 1. The largest absolute Gasteiger partial charge is 0.504 e. The van der Waals surface area contributed by atoms with Gasteiger partial charge in [0.2, 0.25) is 5.75 Å². The lowest BCUT2D eigenvalue weighted by molar-refractivity contribution is -0.384. The Morgan fingerprint density at radius 2 is 1.74 bits per heavy atom. The second-order valence-electron chi connectivity index (χ2n) is 4.66. The van der Waals surface area contributed by atoms with Crippen LogP contribution in [0.15, 0.2) is 29.1 Å². The molecular weight excluding hydrogens is 328 g/mol. The van der Waals surface area contributed by atoms with Crippen LogP contribution >= 0.6 is 12.4 Å². The Bertz CT molecular complexity index is 785. The molecule has 0 saturated carbocycles. The summed E-state index contributed by atoms with van der Waals surface area (Å²) < 4.78 is 1.12. The van der Waals surface area contributed by atoms with Gasteiger partial charge in [-0.3, -0.25) is 14.9 Å². The zero-order valence-corrected chi connectivity index (χ0v) is 12.9. The van der Waals surface area contributed by atoms with Gasteiger partial charge in [-0.1, -0.05) is 0 Å². The molecule has 0 atom stereocenters. The lowest BCUT2D eigenvalue weighted by atomic mass is 10.0. The van der Waals surface area contributed by atoms with Gasteiger partial charge in [0.25, 0.3) is 11.2 Å². The first-order valence-corrected chi connectivity index (χ1v) is 6.39. The minimum absolute atomic E-state index is 0. The number of aromatic hydroxyl groups is 2. The Morgan fingerprint density at radius 3 is 2.22 bits per heavy atom. The molecule has 0 fully saturated rings. The summed E-state index contributed by atoms with van der Waals surface area (Å²) in [6.45, 7) is 1.07. The highest BCUT2D eigenvalue weighted by molar-refractivity contribution is 5.85. The minimum atomic E-state index is -0.842. The van der Waals surface area contributed by atoms with Crippen molar-refractivity contribution in [2.75, 3.05) is 6.61 Å². The lowest BCUT2D eigenvalue weighted by Gasteiger charge is -2.16. The number of nitrogens with zero attached hydrogens (tertiary/aromatic N) is 2. The maximum absolute atomic E-state index is 12.0. The highest BCUT2D eigenvalue weighted by Gasteiger charge is 2.19. The Morgan fingerprint density at radius 1 is 1.17 bits per heavy atom. The quantitative estimate of drug-likeness (QED) is 0.571. The number of hydrogen-bond donors (Lipinski definition) is 3. The molecule has 8 nitrogen and oxygen atoms in total. The summed E-state index contributed by atoms with van der Waals surface area (Å²) in [6.07, 6.45) is 0. The molecule has 9 heteroatoms. The number of hydrogen-bond acceptors (Lipinski definition) is 6. The number of nitro benzene ring substituents is 1. The van der Waals surface area contributed by atoms with Gasteiger partial charge in [0, 0.05) is 24.2 Å². The maximum atomic E-state index is 12.0. The van der Waals surface area contributed by atoms with Gasteiger partial charge >= 0.3 is 0 Å². The number of halogens is 1. The number of aliphatic hydroxyl groups excluding tert-OH is 1. The van der Waals surface area contributed by atoms with Crippen LogP contribution in [0.25, 0.3) is 11.3 Å². The maximum Gasteiger partial charge on any atom is 0.297 e. The number of nitro groups is 1. The first kappa shape index (κ1) is 18.5. The lowest BCUT2D eigenvalue weighted by Crippen LogP contribution is -2.24. The van der Waals surface area contributed by atoms with E-state index in [1.54, 1.807) is 0 Å². The molecular formula is C14H15ClN2O6. The highest BCUT2D eigenvalue weighted by atomic mass is 35.5. The average molecular weight is 343 g/mol. The molecule has 1 aromatic heterocycles. The molecule has 23 heavy (non-hydrogen) atoms. The van der Waals surface area contributed by atoms with E-state index < -0.39 is 22.0 Å². The first-order valence-electron chi connectivity index (χ1n) is 6.39. The summed E-state index contributed by atoms with van der Waals surface area (Å²) in [4.78, 5) is 22.2. The highest BCUT2D eigenvalue weighted by Crippen LogP contribution is 2.33. The Labute approximate surface area is 136 Å². The van der Waals surface area contributed by atoms with Crippen LogP contribution in [0, 0.1) is 17.0 Å². The van der Waals surface area contributed by atoms with Crippen molar-refractivity contribution in [2.45, 2.75) is 13.5 Å². The molecule has 0 aliphatic carbocycles. The van der Waals surface area contributed by atoms with E-state index >= 15 is 0 Å². The predicted octanol–water partition coefficient (Wildman–Crippen LogP) is 1.56. The molecule has 124 valence electrons. The van der Waals surface area contributed by atoms with E-state index in [0.29, 0.717) is 5.56 Å². The van der Waals surface area contributed by atoms with Crippen LogP contribution in [-0.2, 0) is 6.54 Å². The zero-order chi connectivity index (χ0) is 16.4. The normalized spacial score (nSPS) is 10.2. The van der Waals surface area contributed by atoms with Crippen LogP contribution in [0.4, 0.5) is 5.69 Å². The van der Waals surface area contributed by atoms with Crippen LogP contribution < -0.4 is 5.56 Å². The van der Waals surface area contributed by atoms with E-state index in [1.807, 2.05) is 0 Å². The summed E-state index contributed by atoms with van der Waals surface area (Å²) >= 11 is 0. The van der Waals surface area contributed by atoms with Crippen molar-refractivity contribution >= 4 is 18.1 Å². The SMILES string of the molecule is Cc1c(O)c(O)c(=O)n(CCO)c1-c1ccc([N+](=O)[O-])cc1.Cl. The van der Waals surface area contributed by atoms with Gasteiger partial charge < -0.3 is 19.9 Å². The number of benzene rings is 1. The topological polar surface area (TPSA) is 126 Å². The van der Waals surface area contributed by atoms with E-state index in [4.69, 9.17) is 5.11 Å². The van der Waals surface area contributed by atoms with E-state index in [1.165, 1.54) is 31.2 Å². The molecule has 0 spiro atoms. The molecule has 0 radical (unpaired) electrons. The third kappa shape index (κ3) is 3.27. The molecule has 0 bridgehead atoms. The molecule has 2 aromatic rings. The van der Waals surface area contributed by atoms with Crippen molar-refractivity contribution in [1.29, 1.82) is 0 Å². The van der Waals surface area contributed by atoms with Gasteiger partial charge in [0.15, 0.2) is 5.75 Å². The number of aromatic nitrogens is 1. The molecule has 0 amide bonds. The fourth-order valence-electron chi connectivity index (χ4n) is 2.25. The van der Waals surface area contributed by atoms with Crippen LogP contribution in [-0.4, -0.2) is 31.4 Å². The van der Waals surface area contributed by atoms with Crippen LogP contribution in [0.2, 0.25) is 0 Å². The van der Waals surface area contributed by atoms with Crippen molar-refractivity contribution in [3.8, 4) is 22.8 Å². The monoisotopic (exact) mass is 342 g/mol. The number of non-ortho nitro benzene ring substituents is 1. The van der Waals surface area contributed by atoms with Gasteiger partial charge in [-0.05, 0) is 24.6 Å². The Hall–Kier alpha value is -2.58. The van der Waals surface area contributed by atoms with Crippen molar-refractivity contribution < 1.29 is 20.2 Å². The third-order valence-corrected chi connectivity index (χ3v) is 3.33. The fraction of sp³-hybridized carbons (Fsp3) is 0.214. The minimum Gasteiger partial charge on any atom is -0.504 e. The van der Waals surface area contributed by atoms with Crippen molar-refractivity contribution in [1.82, 2.24) is 4.57 Å². The van der Waals surface area contributed by atoms with E-state index in [-0.39, 0.29) is 42.5 Å². The summed E-state index contributed by atoms with van der Waals surface area (Å²) in [5.74, 6) is -1.34. The Balaban J connectivity index is 0.00000264. The van der Waals surface area contributed by atoms with E-state index in [0.717, 1.165) is 4.57 Å². The van der Waals surface area contributed by atoms with Crippen LogP contribution in [0.1, 0.15) is 5.56 Å². The number of rotatable bonds is 4. The standard InChI is InChI=1S/C14H14N2O6.ClH/c1-8-11(9-2-4-10(5-3-9)16(21)22)15(6-7-17)14(20)13(19)12(8)18;/h2-5,17-19H,6-7H2,1H3;1H. The van der Waals surface area contributed by atoms with Crippen molar-refractivity contribution in [2.24, 2.45) is 0 Å². The average Bonchev–Trinajstić information content (AvgIpc) is 2.51. The van der Waals surface area contributed by atoms with Gasteiger partial charge in [-0.2, -0.15) is 0 Å². The summed E-state index contributed by atoms with van der Waals surface area (Å²) in [5.41, 5.74) is 0.0126. The zero-order valence-electron chi connectivity index (χ0n) is 12.1. The molecule has 1 heterocycles. The van der Waals surface area contributed by atoms with Gasteiger partial charge in [0.1, 0.15) is 0 Å². The molecule has 0 unspecified atom stereocenters. The summed E-state index contributed by atoms with van der Waals surface area (Å²) in [7, 11) is 0. The van der Waals surface area contributed by atoms with Crippen LogP contribution in [0.3, 0.4) is 0 Å². The van der Waals surface area contributed by atoms with Crippen molar-refractivity contribution in [3.05, 3.63) is 50.3 Å². The number of aliphatic hydroxyl groups is 1. The summed E-state index contributed by atoms with van der Waals surface area (Å²) in [6, 6.07) is 5.41. The van der Waals surface area contributed by atoms with E-state index in [2.05, 4.69) is 0 Å². The molecule has 3 N–H and O–H groups in total. The first-order chi connectivity index (χ1) is 10.4. The van der Waals surface area contributed by atoms with E-state index in [9.17, 15) is 25.1 Å². The van der Waals surface area contributed by atoms with Crippen LogP contribution in [0.5, 0.6) is 11.5 Å². The second kappa shape index (κ2) is 7.12. The molecule has 2 rings (SSSR count). The second-order valence-corrected chi connectivity index (χ2v) is 4.66. The third-order valence-electron chi connectivity index (χ3n) is 3.33. The van der Waals surface area contributed by atoms with Crippen molar-refractivity contribution in [3.63, 3.8) is 0 Å². The molecule has 1 aromatic carbocycles. The Kier molecular flexibility index (Phi) is 5.72. The smallest absolute Gasteiger partial charge is 0.297 e. The molecule has 0 aliphatic heterocycles. The molecule has 0 aliphatic rings. The van der Waals surface area contributed by atoms with Gasteiger partial charge in [-0.15, -0.1) is 12.4 Å². The van der Waals surface area contributed by atoms with Gasteiger partial charge in [-0.25, -0.2) is 0 Å². The predicted molar refractivity (Wildman–Crippen MR) is 85.2 cm³/mol. The summed E-state index contributed by atoms with van der Waals surface area (Å²) in [5, 5.41) is 39.2.